The van der Waals surface area contributed by atoms with Gasteiger partial charge in [0.2, 0.25) is 5.91 Å². The van der Waals surface area contributed by atoms with E-state index in [2.05, 4.69) is 5.32 Å². The summed E-state index contributed by atoms with van der Waals surface area (Å²) in [6, 6.07) is 2.38. The van der Waals surface area contributed by atoms with Gasteiger partial charge in [0.05, 0.1) is 0 Å². The number of hydrogen-bond acceptors (Lipinski definition) is 3. The van der Waals surface area contributed by atoms with E-state index in [4.69, 9.17) is 10.8 Å². The van der Waals surface area contributed by atoms with Crippen LogP contribution < -0.4 is 11.1 Å². The zero-order valence-corrected chi connectivity index (χ0v) is 10.8. The highest BCUT2D eigenvalue weighted by molar-refractivity contribution is 6.00. The van der Waals surface area contributed by atoms with Crippen molar-refractivity contribution in [3.05, 3.63) is 34.4 Å². The minimum Gasteiger partial charge on any atom is -0.480 e. The highest BCUT2D eigenvalue weighted by Gasteiger charge is 2.20. The van der Waals surface area contributed by atoms with Gasteiger partial charge in [-0.1, -0.05) is 12.1 Å². The van der Waals surface area contributed by atoms with E-state index in [9.17, 15) is 9.59 Å². The molecule has 18 heavy (non-hydrogen) atoms. The Balaban J connectivity index is 2.73. The topological polar surface area (TPSA) is 92.4 Å². The number of nitrogens with two attached hydrogens (primary N) is 1. The first-order valence-electron chi connectivity index (χ1n) is 5.66. The molecule has 1 aromatic carbocycles. The first-order valence-corrected chi connectivity index (χ1v) is 5.66. The number of aryl methyl sites for hydroxylation is 1. The lowest BCUT2D eigenvalue weighted by molar-refractivity contribution is -0.142. The Morgan fingerprint density at radius 1 is 1.28 bits per heavy atom. The second-order valence-electron chi connectivity index (χ2n) is 4.33. The molecule has 1 amide bonds. The van der Waals surface area contributed by atoms with Gasteiger partial charge in [-0.05, 0) is 43.0 Å². The molecule has 0 aliphatic heterocycles. The maximum atomic E-state index is 11.4. The molecule has 5 nitrogen and oxygen atoms in total. The van der Waals surface area contributed by atoms with Crippen LogP contribution in [0.25, 0.3) is 0 Å². The maximum Gasteiger partial charge on any atom is 0.330 e. The summed E-state index contributed by atoms with van der Waals surface area (Å²) >= 11 is 0. The smallest absolute Gasteiger partial charge is 0.330 e. The van der Waals surface area contributed by atoms with E-state index < -0.39 is 17.9 Å². The summed E-state index contributed by atoms with van der Waals surface area (Å²) in [6.45, 7) is 6.29. The second-order valence-corrected chi connectivity index (χ2v) is 4.33. The van der Waals surface area contributed by atoms with Crippen LogP contribution in [0.2, 0.25) is 0 Å². The lowest BCUT2D eigenvalue weighted by Crippen LogP contribution is -2.45. The number of nitrogens with one attached hydrogen (secondary N) is 1. The van der Waals surface area contributed by atoms with Gasteiger partial charge < -0.3 is 16.2 Å². The average molecular weight is 250 g/mol. The Hall–Kier alpha value is -1.88. The molecular weight excluding hydrogens is 232 g/mol. The van der Waals surface area contributed by atoms with Crippen LogP contribution in [0.5, 0.6) is 0 Å². The van der Waals surface area contributed by atoms with Crippen molar-refractivity contribution in [3.8, 4) is 0 Å². The number of carboxylic acids is 1. The quantitative estimate of drug-likeness (QED) is 0.684. The van der Waals surface area contributed by atoms with Crippen molar-refractivity contribution in [1.82, 2.24) is 5.32 Å². The van der Waals surface area contributed by atoms with Gasteiger partial charge in [-0.2, -0.15) is 0 Å². The van der Waals surface area contributed by atoms with Gasteiger partial charge in [0.1, 0.15) is 0 Å². The predicted octanol–water partition coefficient (Wildman–Crippen LogP) is 0.640. The molecule has 0 spiro atoms. The molecule has 0 aliphatic rings. The number of rotatable bonds is 4. The minimum absolute atomic E-state index is 0.284. The van der Waals surface area contributed by atoms with E-state index in [0.29, 0.717) is 0 Å². The molecule has 0 radical (unpaired) electrons. The Bertz CT molecular complexity index is 483. The second kappa shape index (κ2) is 5.64. The molecular formula is C13H18N2O3. The molecule has 1 rings (SSSR count). The van der Waals surface area contributed by atoms with Gasteiger partial charge in [-0.15, -0.1) is 0 Å². The van der Waals surface area contributed by atoms with Crippen molar-refractivity contribution in [1.29, 1.82) is 0 Å². The SMILES string of the molecule is Cc1ccc(CNC(=O)C(N)C(=O)O)c(C)c1C. The fraction of sp³-hybridized carbons (Fsp3) is 0.385. The monoisotopic (exact) mass is 250 g/mol. The number of hydrogen-bond donors (Lipinski definition) is 3. The molecule has 0 saturated carbocycles. The van der Waals surface area contributed by atoms with Crippen molar-refractivity contribution < 1.29 is 14.7 Å². The van der Waals surface area contributed by atoms with Gasteiger partial charge in [0.15, 0.2) is 6.04 Å². The Morgan fingerprint density at radius 2 is 1.89 bits per heavy atom. The Kier molecular flexibility index (Phi) is 4.44. The molecule has 1 unspecified atom stereocenters. The maximum absolute atomic E-state index is 11.4. The third kappa shape index (κ3) is 3.07. The third-order valence-electron chi connectivity index (χ3n) is 3.17. The van der Waals surface area contributed by atoms with E-state index in [1.54, 1.807) is 0 Å². The number of aliphatic carboxylic acids is 1. The summed E-state index contributed by atoms with van der Waals surface area (Å²) < 4.78 is 0. The van der Waals surface area contributed by atoms with E-state index in [0.717, 1.165) is 11.1 Å². The van der Waals surface area contributed by atoms with E-state index >= 15 is 0 Å². The Morgan fingerprint density at radius 3 is 2.44 bits per heavy atom. The number of carbonyl (C=O) groups excluding carboxylic acids is 1. The van der Waals surface area contributed by atoms with Crippen LogP contribution in [-0.2, 0) is 16.1 Å². The number of amides is 1. The number of benzene rings is 1. The van der Waals surface area contributed by atoms with Crippen LogP contribution in [0.3, 0.4) is 0 Å². The Labute approximate surface area is 106 Å². The average Bonchev–Trinajstić information content (AvgIpc) is 2.33. The summed E-state index contributed by atoms with van der Waals surface area (Å²) in [5, 5.41) is 11.1. The molecule has 98 valence electrons. The van der Waals surface area contributed by atoms with Crippen molar-refractivity contribution in [2.45, 2.75) is 33.4 Å². The summed E-state index contributed by atoms with van der Waals surface area (Å²) in [5.41, 5.74) is 9.62. The molecule has 0 bridgehead atoms. The van der Waals surface area contributed by atoms with Crippen LogP contribution in [-0.4, -0.2) is 23.0 Å². The molecule has 1 atom stereocenters. The predicted molar refractivity (Wildman–Crippen MR) is 68.1 cm³/mol. The third-order valence-corrected chi connectivity index (χ3v) is 3.17. The van der Waals surface area contributed by atoms with Gasteiger partial charge >= 0.3 is 5.97 Å². The van der Waals surface area contributed by atoms with Crippen LogP contribution in [0.1, 0.15) is 22.3 Å². The van der Waals surface area contributed by atoms with Crippen LogP contribution in [0.15, 0.2) is 12.1 Å². The zero-order valence-electron chi connectivity index (χ0n) is 10.8. The van der Waals surface area contributed by atoms with Gasteiger partial charge in [0.25, 0.3) is 0 Å². The highest BCUT2D eigenvalue weighted by atomic mass is 16.4. The van der Waals surface area contributed by atoms with Gasteiger partial charge in [-0.3, -0.25) is 4.79 Å². The number of carbonyl (C=O) groups is 2. The summed E-state index contributed by atoms with van der Waals surface area (Å²) in [4.78, 5) is 21.9. The van der Waals surface area contributed by atoms with Gasteiger partial charge in [-0.25, -0.2) is 4.79 Å². The fourth-order valence-corrected chi connectivity index (χ4v) is 1.61. The first kappa shape index (κ1) is 14.2. The van der Waals surface area contributed by atoms with Crippen molar-refractivity contribution in [3.63, 3.8) is 0 Å². The van der Waals surface area contributed by atoms with E-state index in [1.165, 1.54) is 11.1 Å². The first-order chi connectivity index (χ1) is 8.34. The zero-order chi connectivity index (χ0) is 13.9. The minimum atomic E-state index is -1.52. The molecule has 4 N–H and O–H groups in total. The van der Waals surface area contributed by atoms with E-state index in [-0.39, 0.29) is 6.54 Å². The van der Waals surface area contributed by atoms with Crippen LogP contribution in [0, 0.1) is 20.8 Å². The van der Waals surface area contributed by atoms with Crippen LogP contribution >= 0.6 is 0 Å². The van der Waals surface area contributed by atoms with Crippen molar-refractivity contribution in [2.75, 3.05) is 0 Å². The summed E-state index contributed by atoms with van der Waals surface area (Å²) in [6.07, 6.45) is 0. The molecule has 0 saturated heterocycles. The lowest BCUT2D eigenvalue weighted by Gasteiger charge is -2.13. The largest absolute Gasteiger partial charge is 0.480 e. The molecule has 0 heterocycles. The summed E-state index contributed by atoms with van der Waals surface area (Å²) in [7, 11) is 0. The molecule has 0 aromatic heterocycles. The highest BCUT2D eigenvalue weighted by Crippen LogP contribution is 2.16. The lowest BCUT2D eigenvalue weighted by atomic mass is 9.99. The fourth-order valence-electron chi connectivity index (χ4n) is 1.61. The molecule has 0 fully saturated rings. The van der Waals surface area contributed by atoms with Gasteiger partial charge in [0, 0.05) is 6.54 Å². The molecule has 1 aromatic rings. The van der Waals surface area contributed by atoms with Crippen molar-refractivity contribution in [2.24, 2.45) is 5.73 Å². The standard InChI is InChI=1S/C13H18N2O3/c1-7-4-5-10(9(3)8(7)2)6-15-12(16)11(14)13(17)18/h4-5,11H,6,14H2,1-3H3,(H,15,16)(H,17,18). The molecule has 5 heteroatoms. The molecule has 0 aliphatic carbocycles. The van der Waals surface area contributed by atoms with Crippen LogP contribution in [0.4, 0.5) is 0 Å². The summed E-state index contributed by atoms with van der Waals surface area (Å²) in [5.74, 6) is -2.01. The number of carboxylic acid groups (broad SMARTS) is 1. The van der Waals surface area contributed by atoms with E-state index in [1.807, 2.05) is 32.9 Å². The normalized spacial score (nSPS) is 12.0. The van der Waals surface area contributed by atoms with Crippen molar-refractivity contribution >= 4 is 11.9 Å².